The highest BCUT2D eigenvalue weighted by atomic mass is 32.2. The lowest BCUT2D eigenvalue weighted by Crippen LogP contribution is -2.46. The number of nitrogens with two attached hydrogens (primary N) is 1. The standard InChI is InChI=1S/C28H39F4N3O5S/c1-4-10-35(11-5-2)41(37,38)12-9-27(36)40-26(19-34-18-20-7-6-8-24(15-20)39-3)25(33)16-21-13-22(28(30,31)32)17-23(29)14-21/h6-8,13-15,17,25-26,34H,4-5,9-12,16,18-19,33H2,1-3H3. The Morgan fingerprint density at radius 2 is 1.76 bits per heavy atom. The Morgan fingerprint density at radius 3 is 2.37 bits per heavy atom. The Labute approximate surface area is 239 Å². The van der Waals surface area contributed by atoms with Gasteiger partial charge in [0.2, 0.25) is 10.0 Å². The number of methoxy groups -OCH3 is 1. The molecule has 0 bridgehead atoms. The molecule has 0 saturated heterocycles. The molecule has 0 spiro atoms. The van der Waals surface area contributed by atoms with Gasteiger partial charge in [-0.25, -0.2) is 17.1 Å². The van der Waals surface area contributed by atoms with Gasteiger partial charge in [-0.05, 0) is 60.7 Å². The van der Waals surface area contributed by atoms with Crippen LogP contribution in [0.25, 0.3) is 0 Å². The first kappa shape index (κ1) is 34.5. The molecule has 0 saturated carbocycles. The molecule has 2 rings (SSSR count). The summed E-state index contributed by atoms with van der Waals surface area (Å²) in [6, 6.07) is 8.31. The molecule has 0 fully saturated rings. The number of halogens is 4. The molecular weight excluding hydrogens is 566 g/mol. The topological polar surface area (TPSA) is 111 Å². The van der Waals surface area contributed by atoms with Crippen LogP contribution in [0.2, 0.25) is 0 Å². The van der Waals surface area contributed by atoms with E-state index in [0.29, 0.717) is 44.3 Å². The SMILES string of the molecule is CCCN(CCC)S(=O)(=O)CCC(=O)OC(CNCc1cccc(OC)c1)C(N)Cc1cc(F)cc(C(F)(F)F)c1. The molecule has 0 radical (unpaired) electrons. The summed E-state index contributed by atoms with van der Waals surface area (Å²) in [6.45, 7) is 4.71. The molecular formula is C28H39F4N3O5S. The number of alkyl halides is 3. The Morgan fingerprint density at radius 1 is 1.07 bits per heavy atom. The largest absolute Gasteiger partial charge is 0.497 e. The number of carbonyl (C=O) groups is 1. The van der Waals surface area contributed by atoms with E-state index in [1.165, 1.54) is 11.4 Å². The van der Waals surface area contributed by atoms with Gasteiger partial charge in [-0.2, -0.15) is 13.2 Å². The molecule has 0 amide bonds. The van der Waals surface area contributed by atoms with E-state index in [0.717, 1.165) is 17.7 Å². The molecule has 2 aromatic carbocycles. The molecule has 0 aliphatic carbocycles. The van der Waals surface area contributed by atoms with Crippen molar-refractivity contribution >= 4 is 16.0 Å². The fourth-order valence-corrected chi connectivity index (χ4v) is 5.82. The number of nitrogens with zero attached hydrogens (tertiary/aromatic N) is 1. The Hall–Kier alpha value is -2.74. The van der Waals surface area contributed by atoms with Crippen molar-refractivity contribution in [2.45, 2.75) is 64.4 Å². The van der Waals surface area contributed by atoms with Crippen LogP contribution in [0.5, 0.6) is 5.75 Å². The number of sulfonamides is 1. The van der Waals surface area contributed by atoms with Crippen molar-refractivity contribution < 1.29 is 40.2 Å². The lowest BCUT2D eigenvalue weighted by atomic mass is 9.99. The average molecular weight is 606 g/mol. The fourth-order valence-electron chi connectivity index (χ4n) is 4.22. The first-order valence-electron chi connectivity index (χ1n) is 13.4. The van der Waals surface area contributed by atoms with Crippen molar-refractivity contribution in [3.05, 3.63) is 65.0 Å². The van der Waals surface area contributed by atoms with Gasteiger partial charge in [-0.1, -0.05) is 26.0 Å². The van der Waals surface area contributed by atoms with E-state index in [-0.39, 0.29) is 18.5 Å². The number of hydrogen-bond acceptors (Lipinski definition) is 7. The number of nitrogens with one attached hydrogen (secondary N) is 1. The van der Waals surface area contributed by atoms with Crippen LogP contribution in [-0.2, 0) is 38.7 Å². The lowest BCUT2D eigenvalue weighted by Gasteiger charge is -2.26. The summed E-state index contributed by atoms with van der Waals surface area (Å²) < 4.78 is 91.1. The van der Waals surface area contributed by atoms with Crippen LogP contribution in [0.3, 0.4) is 0 Å². The summed E-state index contributed by atoms with van der Waals surface area (Å²) in [5.74, 6) is -1.71. The van der Waals surface area contributed by atoms with Gasteiger partial charge in [0.05, 0.1) is 24.8 Å². The molecule has 13 heteroatoms. The molecule has 0 aliphatic heterocycles. The van der Waals surface area contributed by atoms with Gasteiger partial charge < -0.3 is 20.5 Å². The Bertz CT molecular complexity index is 1220. The van der Waals surface area contributed by atoms with Crippen LogP contribution in [0.4, 0.5) is 17.6 Å². The highest BCUT2D eigenvalue weighted by molar-refractivity contribution is 7.89. The number of benzene rings is 2. The zero-order valence-electron chi connectivity index (χ0n) is 23.5. The van der Waals surface area contributed by atoms with Gasteiger partial charge in [0.1, 0.15) is 17.7 Å². The van der Waals surface area contributed by atoms with Crippen LogP contribution >= 0.6 is 0 Å². The number of carbonyl (C=O) groups excluding carboxylic acids is 1. The van der Waals surface area contributed by atoms with Crippen LogP contribution in [0.15, 0.2) is 42.5 Å². The number of esters is 1. The molecule has 2 atom stereocenters. The highest BCUT2D eigenvalue weighted by Crippen LogP contribution is 2.30. The molecule has 0 aromatic heterocycles. The second-order valence-corrected chi connectivity index (χ2v) is 11.8. The zero-order chi connectivity index (χ0) is 30.6. The Balaban J connectivity index is 2.16. The van der Waals surface area contributed by atoms with Crippen molar-refractivity contribution in [3.8, 4) is 5.75 Å². The van der Waals surface area contributed by atoms with Crippen molar-refractivity contribution in [3.63, 3.8) is 0 Å². The first-order valence-corrected chi connectivity index (χ1v) is 15.0. The second kappa shape index (κ2) is 16.0. The summed E-state index contributed by atoms with van der Waals surface area (Å²) in [6.07, 6.45) is -5.20. The van der Waals surface area contributed by atoms with E-state index in [1.54, 1.807) is 18.2 Å². The smallest absolute Gasteiger partial charge is 0.416 e. The second-order valence-electron chi connectivity index (χ2n) is 9.69. The van der Waals surface area contributed by atoms with Crippen molar-refractivity contribution in [1.82, 2.24) is 9.62 Å². The molecule has 2 unspecified atom stereocenters. The van der Waals surface area contributed by atoms with Crippen molar-refractivity contribution in [2.75, 3.05) is 32.5 Å². The van der Waals surface area contributed by atoms with E-state index in [1.807, 2.05) is 19.9 Å². The Kier molecular flexibility index (Phi) is 13.5. The van der Waals surface area contributed by atoms with Gasteiger partial charge in [0.15, 0.2) is 0 Å². The molecule has 3 N–H and O–H groups in total. The lowest BCUT2D eigenvalue weighted by molar-refractivity contribution is -0.149. The van der Waals surface area contributed by atoms with E-state index in [9.17, 15) is 30.8 Å². The van der Waals surface area contributed by atoms with Crippen molar-refractivity contribution in [2.24, 2.45) is 5.73 Å². The molecule has 2 aromatic rings. The normalized spacial score (nSPS) is 13.7. The third kappa shape index (κ3) is 11.6. The summed E-state index contributed by atoms with van der Waals surface area (Å²) in [5, 5.41) is 3.10. The minimum absolute atomic E-state index is 0.0100. The minimum atomic E-state index is -4.75. The summed E-state index contributed by atoms with van der Waals surface area (Å²) in [5.41, 5.74) is 5.95. The van der Waals surface area contributed by atoms with Crippen LogP contribution in [0, 0.1) is 5.82 Å². The maximum atomic E-state index is 13.9. The van der Waals surface area contributed by atoms with Crippen molar-refractivity contribution in [1.29, 1.82) is 0 Å². The fraction of sp³-hybridized carbons (Fsp3) is 0.536. The summed E-state index contributed by atoms with van der Waals surface area (Å²) >= 11 is 0. The molecule has 0 aliphatic rings. The van der Waals surface area contributed by atoms with Gasteiger partial charge >= 0.3 is 12.1 Å². The first-order chi connectivity index (χ1) is 19.3. The molecule has 0 heterocycles. The monoisotopic (exact) mass is 605 g/mol. The van der Waals surface area contributed by atoms with Crippen LogP contribution in [-0.4, -0.2) is 63.3 Å². The third-order valence-corrected chi connectivity index (χ3v) is 8.10. The predicted molar refractivity (Wildman–Crippen MR) is 148 cm³/mol. The summed E-state index contributed by atoms with van der Waals surface area (Å²) in [4.78, 5) is 12.7. The summed E-state index contributed by atoms with van der Waals surface area (Å²) in [7, 11) is -2.17. The number of rotatable bonds is 17. The molecule has 230 valence electrons. The van der Waals surface area contributed by atoms with E-state index >= 15 is 0 Å². The zero-order valence-corrected chi connectivity index (χ0v) is 24.4. The average Bonchev–Trinajstić information content (AvgIpc) is 2.90. The molecule has 8 nitrogen and oxygen atoms in total. The van der Waals surface area contributed by atoms with E-state index in [2.05, 4.69) is 5.32 Å². The number of ether oxygens (including phenoxy) is 2. The van der Waals surface area contributed by atoms with E-state index < -0.39 is 57.9 Å². The quantitative estimate of drug-likeness (QED) is 0.205. The number of hydrogen-bond donors (Lipinski definition) is 2. The van der Waals surface area contributed by atoms with Gasteiger partial charge in [0.25, 0.3) is 0 Å². The maximum absolute atomic E-state index is 13.9. The van der Waals surface area contributed by atoms with Gasteiger partial charge in [-0.3, -0.25) is 4.79 Å². The predicted octanol–water partition coefficient (Wildman–Crippen LogP) is 4.27. The minimum Gasteiger partial charge on any atom is -0.497 e. The third-order valence-electron chi connectivity index (χ3n) is 6.23. The molecule has 41 heavy (non-hydrogen) atoms. The van der Waals surface area contributed by atoms with Gasteiger partial charge in [0, 0.05) is 32.2 Å². The van der Waals surface area contributed by atoms with E-state index in [4.69, 9.17) is 15.2 Å². The van der Waals surface area contributed by atoms with Crippen LogP contribution in [0.1, 0.15) is 49.8 Å². The maximum Gasteiger partial charge on any atom is 0.416 e. The van der Waals surface area contributed by atoms with Gasteiger partial charge in [-0.15, -0.1) is 0 Å². The van der Waals surface area contributed by atoms with Crippen LogP contribution < -0.4 is 15.8 Å². The highest BCUT2D eigenvalue weighted by Gasteiger charge is 2.32.